The van der Waals surface area contributed by atoms with Crippen LogP contribution in [-0.4, -0.2) is 28.4 Å². The highest BCUT2D eigenvalue weighted by atomic mass is 32.2. The minimum absolute atomic E-state index is 0.0645. The van der Waals surface area contributed by atoms with Crippen molar-refractivity contribution in [3.63, 3.8) is 0 Å². The van der Waals surface area contributed by atoms with Crippen molar-refractivity contribution >= 4 is 40.1 Å². The number of aliphatic carboxylic acids is 1. The molecule has 0 atom stereocenters. The van der Waals surface area contributed by atoms with Crippen LogP contribution in [0.5, 0.6) is 0 Å². The van der Waals surface area contributed by atoms with Crippen molar-refractivity contribution in [3.8, 4) is 11.3 Å². The van der Waals surface area contributed by atoms with E-state index in [4.69, 9.17) is 0 Å². The lowest BCUT2D eigenvalue weighted by molar-refractivity contribution is -0.301. The van der Waals surface area contributed by atoms with Crippen LogP contribution in [0.15, 0.2) is 29.6 Å². The molecule has 0 unspecified atom stereocenters. The zero-order chi connectivity index (χ0) is 17.4. The Morgan fingerprint density at radius 2 is 2.00 bits per heavy atom. The van der Waals surface area contributed by atoms with Crippen molar-refractivity contribution < 1.29 is 14.7 Å². The molecule has 0 fully saturated rings. The summed E-state index contributed by atoms with van der Waals surface area (Å²) < 4.78 is 0. The predicted octanol–water partition coefficient (Wildman–Crippen LogP) is 2.57. The van der Waals surface area contributed by atoms with Crippen LogP contribution in [0.25, 0.3) is 11.3 Å². The van der Waals surface area contributed by atoms with Crippen LogP contribution in [0.1, 0.15) is 25.3 Å². The maximum Gasteiger partial charge on any atom is 0.236 e. The summed E-state index contributed by atoms with van der Waals surface area (Å²) in [6.07, 6.45) is 3.44. The van der Waals surface area contributed by atoms with E-state index in [1.165, 1.54) is 29.7 Å². The normalized spacial score (nSPS) is 10.5. The number of carbonyl (C=O) groups excluding carboxylic acids is 2. The molecule has 0 saturated heterocycles. The third kappa shape index (κ3) is 5.98. The van der Waals surface area contributed by atoms with E-state index in [0.717, 1.165) is 29.4 Å². The maximum absolute atomic E-state index is 11.7. The number of thiazole rings is 1. The number of hydrogen-bond donors (Lipinski definition) is 1. The second-order valence-corrected chi connectivity index (χ2v) is 7.10. The van der Waals surface area contributed by atoms with Gasteiger partial charge in [-0.3, -0.25) is 4.79 Å². The molecule has 5 nitrogen and oxygen atoms in total. The lowest BCUT2D eigenvalue weighted by Crippen LogP contribution is -2.25. The van der Waals surface area contributed by atoms with Crippen LogP contribution in [0.2, 0.25) is 0 Å². The third-order valence-corrected chi connectivity index (χ3v) is 4.94. The SMILES string of the molecule is CCCCc1ccc(-c2csc(NC(=O)CSCC(=O)[O-])n2)cc1. The zero-order valence-electron chi connectivity index (χ0n) is 13.4. The Morgan fingerprint density at radius 1 is 1.25 bits per heavy atom. The van der Waals surface area contributed by atoms with Gasteiger partial charge in [-0.25, -0.2) is 4.98 Å². The number of amides is 1. The monoisotopic (exact) mass is 363 g/mol. The van der Waals surface area contributed by atoms with Crippen LogP contribution in [0.4, 0.5) is 5.13 Å². The quantitative estimate of drug-likeness (QED) is 0.740. The van der Waals surface area contributed by atoms with Crippen molar-refractivity contribution in [1.82, 2.24) is 4.98 Å². The number of nitrogens with one attached hydrogen (secondary N) is 1. The number of nitrogens with zero attached hydrogens (tertiary/aromatic N) is 1. The van der Waals surface area contributed by atoms with E-state index >= 15 is 0 Å². The van der Waals surface area contributed by atoms with E-state index in [2.05, 4.69) is 29.4 Å². The summed E-state index contributed by atoms with van der Waals surface area (Å²) in [7, 11) is 0. The fourth-order valence-electron chi connectivity index (χ4n) is 2.07. The highest BCUT2D eigenvalue weighted by Crippen LogP contribution is 2.25. The Labute approximate surface area is 149 Å². The Balaban J connectivity index is 1.90. The lowest BCUT2D eigenvalue weighted by atomic mass is 10.1. The van der Waals surface area contributed by atoms with Crippen molar-refractivity contribution in [2.24, 2.45) is 0 Å². The van der Waals surface area contributed by atoms with E-state index in [1.54, 1.807) is 0 Å². The number of carboxylic acids is 1. The lowest BCUT2D eigenvalue weighted by Gasteiger charge is -2.03. The molecule has 0 spiro atoms. The molecule has 0 bridgehead atoms. The molecule has 0 radical (unpaired) electrons. The number of carbonyl (C=O) groups is 2. The van der Waals surface area contributed by atoms with E-state index in [-0.39, 0.29) is 17.4 Å². The van der Waals surface area contributed by atoms with Gasteiger partial charge in [0, 0.05) is 16.7 Å². The summed E-state index contributed by atoms with van der Waals surface area (Å²) in [6, 6.07) is 8.31. The summed E-state index contributed by atoms with van der Waals surface area (Å²) in [6.45, 7) is 2.18. The fraction of sp³-hybridized carbons (Fsp3) is 0.353. The first kappa shape index (κ1) is 18.5. The Bertz CT molecular complexity index is 683. The van der Waals surface area contributed by atoms with Gasteiger partial charge in [0.15, 0.2) is 5.13 Å². The molecule has 2 rings (SSSR count). The molecular weight excluding hydrogens is 344 g/mol. The molecule has 1 N–H and O–H groups in total. The number of aryl methyl sites for hydroxylation is 1. The Morgan fingerprint density at radius 3 is 2.67 bits per heavy atom. The number of carboxylic acid groups (broad SMARTS) is 1. The molecule has 0 aliphatic heterocycles. The van der Waals surface area contributed by atoms with Gasteiger partial charge in [0.25, 0.3) is 0 Å². The van der Waals surface area contributed by atoms with Crippen molar-refractivity contribution in [2.75, 3.05) is 16.8 Å². The summed E-state index contributed by atoms with van der Waals surface area (Å²) in [5, 5.41) is 15.4. The van der Waals surface area contributed by atoms with Crippen LogP contribution in [0, 0.1) is 0 Å². The molecule has 1 aromatic heterocycles. The van der Waals surface area contributed by atoms with Gasteiger partial charge in [-0.15, -0.1) is 23.1 Å². The predicted molar refractivity (Wildman–Crippen MR) is 97.1 cm³/mol. The van der Waals surface area contributed by atoms with Crippen LogP contribution in [0.3, 0.4) is 0 Å². The largest absolute Gasteiger partial charge is 0.549 e. The van der Waals surface area contributed by atoms with E-state index < -0.39 is 5.97 Å². The molecule has 1 amide bonds. The van der Waals surface area contributed by atoms with E-state index in [9.17, 15) is 14.7 Å². The minimum atomic E-state index is -1.17. The second-order valence-electron chi connectivity index (χ2n) is 5.25. The Hall–Kier alpha value is -1.86. The summed E-state index contributed by atoms with van der Waals surface area (Å²) in [5.41, 5.74) is 3.15. The molecule has 0 aliphatic rings. The fourth-order valence-corrected chi connectivity index (χ4v) is 3.33. The number of aromatic nitrogens is 1. The summed E-state index contributed by atoms with van der Waals surface area (Å²) in [4.78, 5) is 26.4. The summed E-state index contributed by atoms with van der Waals surface area (Å²) >= 11 is 2.35. The molecule has 128 valence electrons. The number of anilines is 1. The van der Waals surface area contributed by atoms with E-state index in [0.29, 0.717) is 5.13 Å². The molecule has 0 aliphatic carbocycles. The molecule has 1 heterocycles. The van der Waals surface area contributed by atoms with Gasteiger partial charge in [0.05, 0.1) is 17.4 Å². The molecular formula is C17H19N2O3S2-. The van der Waals surface area contributed by atoms with Gasteiger partial charge < -0.3 is 15.2 Å². The first-order chi connectivity index (χ1) is 11.6. The third-order valence-electron chi connectivity index (χ3n) is 3.27. The Kier molecular flexibility index (Phi) is 7.27. The highest BCUT2D eigenvalue weighted by molar-refractivity contribution is 8.00. The summed E-state index contributed by atoms with van der Waals surface area (Å²) in [5.74, 6) is -1.57. The van der Waals surface area contributed by atoms with Crippen LogP contribution >= 0.6 is 23.1 Å². The van der Waals surface area contributed by atoms with Gasteiger partial charge in [0.1, 0.15) is 0 Å². The average molecular weight is 363 g/mol. The number of benzene rings is 1. The number of rotatable bonds is 9. The number of thioether (sulfide) groups is 1. The van der Waals surface area contributed by atoms with Crippen LogP contribution < -0.4 is 10.4 Å². The highest BCUT2D eigenvalue weighted by Gasteiger charge is 2.08. The van der Waals surface area contributed by atoms with Gasteiger partial charge in [-0.1, -0.05) is 37.6 Å². The van der Waals surface area contributed by atoms with Gasteiger partial charge >= 0.3 is 0 Å². The van der Waals surface area contributed by atoms with Gasteiger partial charge in [-0.05, 0) is 18.4 Å². The molecule has 7 heteroatoms. The topological polar surface area (TPSA) is 82.1 Å². The van der Waals surface area contributed by atoms with Gasteiger partial charge in [0.2, 0.25) is 5.91 Å². The standard InChI is InChI=1S/C17H20N2O3S2/c1-2-3-4-12-5-7-13(8-6-12)14-9-24-17(18-14)19-15(20)10-23-11-16(21)22/h5-9H,2-4,10-11H2,1H3,(H,21,22)(H,18,19,20)/p-1. The first-order valence-electron chi connectivity index (χ1n) is 7.70. The van der Waals surface area contributed by atoms with Crippen molar-refractivity contribution in [1.29, 1.82) is 0 Å². The number of unbranched alkanes of at least 4 members (excludes halogenated alkanes) is 1. The maximum atomic E-state index is 11.7. The molecule has 2 aromatic rings. The average Bonchev–Trinajstić information content (AvgIpc) is 3.01. The van der Waals surface area contributed by atoms with E-state index in [1.807, 2.05) is 17.5 Å². The van der Waals surface area contributed by atoms with Crippen LogP contribution in [-0.2, 0) is 16.0 Å². The minimum Gasteiger partial charge on any atom is -0.549 e. The van der Waals surface area contributed by atoms with Gasteiger partial charge in [-0.2, -0.15) is 0 Å². The second kappa shape index (κ2) is 9.44. The van der Waals surface area contributed by atoms with Crippen molar-refractivity contribution in [2.45, 2.75) is 26.2 Å². The molecule has 0 saturated carbocycles. The molecule has 24 heavy (non-hydrogen) atoms. The number of hydrogen-bond acceptors (Lipinski definition) is 6. The smallest absolute Gasteiger partial charge is 0.236 e. The first-order valence-corrected chi connectivity index (χ1v) is 9.74. The van der Waals surface area contributed by atoms with Crippen molar-refractivity contribution in [3.05, 3.63) is 35.2 Å². The zero-order valence-corrected chi connectivity index (χ0v) is 15.0. The molecule has 1 aromatic carbocycles.